The highest BCUT2D eigenvalue weighted by Crippen LogP contribution is 2.22. The van der Waals surface area contributed by atoms with Crippen molar-refractivity contribution in [1.29, 1.82) is 0 Å². The van der Waals surface area contributed by atoms with Gasteiger partial charge in [-0.1, -0.05) is 0 Å². The Bertz CT molecular complexity index is 1350. The predicted octanol–water partition coefficient (Wildman–Crippen LogP) is -3.59. The number of H-pyrrole nitrogens is 1. The molecular formula is C26H32N8O9. The Morgan fingerprint density at radius 1 is 0.814 bits per heavy atom. The number of carboxylic acids is 1. The maximum Gasteiger partial charge on any atom is 0.303 e. The first-order chi connectivity index (χ1) is 20.6. The quantitative estimate of drug-likeness (QED) is 0.292. The van der Waals surface area contributed by atoms with E-state index in [0.717, 1.165) is 9.80 Å². The van der Waals surface area contributed by atoms with Crippen LogP contribution in [0.2, 0.25) is 0 Å². The molecule has 0 aromatic carbocycles. The summed E-state index contributed by atoms with van der Waals surface area (Å²) in [4.78, 5) is 106. The lowest BCUT2D eigenvalue weighted by atomic mass is 10.0. The van der Waals surface area contributed by atoms with E-state index in [-0.39, 0.29) is 39.0 Å². The van der Waals surface area contributed by atoms with E-state index in [1.807, 2.05) is 0 Å². The van der Waals surface area contributed by atoms with E-state index in [4.69, 9.17) is 0 Å². The van der Waals surface area contributed by atoms with Crippen molar-refractivity contribution in [3.05, 3.63) is 30.6 Å². The maximum absolute atomic E-state index is 13.7. The van der Waals surface area contributed by atoms with E-state index in [1.54, 1.807) is 0 Å². The summed E-state index contributed by atoms with van der Waals surface area (Å²) in [5, 5.41) is 19.3. The average molecular weight is 601 g/mol. The third-order valence-corrected chi connectivity index (χ3v) is 8.14. The topological polar surface area (TPSA) is 208 Å². The second-order valence-electron chi connectivity index (χ2n) is 10.7. The first kappa shape index (κ1) is 29.7. The van der Waals surface area contributed by atoms with Crippen LogP contribution < -0.4 is 0 Å². The number of imidazole rings is 1. The second kappa shape index (κ2) is 12.2. The normalized spacial score (nSPS) is 25.4. The highest BCUT2D eigenvalue weighted by Gasteiger charge is 2.44. The molecule has 0 saturated carbocycles. The molecular weight excluding hydrogens is 568 g/mol. The Labute approximate surface area is 245 Å². The third kappa shape index (κ3) is 5.93. The molecule has 4 fully saturated rings. The van der Waals surface area contributed by atoms with Gasteiger partial charge >= 0.3 is 5.97 Å². The molecule has 10 heterocycles. The van der Waals surface area contributed by atoms with E-state index in [2.05, 4.69) is 9.97 Å². The van der Waals surface area contributed by atoms with Gasteiger partial charge in [-0.25, -0.2) is 4.98 Å². The minimum atomic E-state index is -1.36. The number of aliphatic hydroxyl groups excluding tert-OH is 1. The molecule has 1 aromatic heterocycles. The standard InChI is InChI=1S/C26H32N8O9/c35-14-19-26(43)31-5-8-34(19)22(38)13-29-3-6-32(17(24(29)41)1-2-23(39)40)20(36)11-30-4-7-33(21(37)12-31)18(25(30)42)9-16-10-27-15-28-16/h5,8,10,15,17-19,35H,1-4,6-7,9,11-14H2,(H,27,28)(H,39,40)/t17-,18-,19-/m0/s1. The monoisotopic (exact) mass is 600 g/mol. The molecule has 17 nitrogen and oxygen atoms in total. The number of carboxylic acid groups (broad SMARTS) is 1. The largest absolute Gasteiger partial charge is 0.481 e. The molecule has 6 bridgehead atoms. The number of amides is 6. The van der Waals surface area contributed by atoms with Gasteiger partial charge in [-0.05, 0) is 6.42 Å². The molecule has 9 aliphatic rings. The summed E-state index contributed by atoms with van der Waals surface area (Å²) in [7, 11) is 0. The van der Waals surface area contributed by atoms with Crippen LogP contribution in [0.5, 0.6) is 0 Å². The zero-order valence-electron chi connectivity index (χ0n) is 23.2. The molecule has 0 unspecified atom stereocenters. The predicted molar refractivity (Wildman–Crippen MR) is 142 cm³/mol. The van der Waals surface area contributed by atoms with E-state index in [0.29, 0.717) is 5.69 Å². The van der Waals surface area contributed by atoms with Crippen LogP contribution in [0.15, 0.2) is 24.9 Å². The fourth-order valence-electron chi connectivity index (χ4n) is 5.86. The third-order valence-electron chi connectivity index (χ3n) is 8.14. The lowest BCUT2D eigenvalue weighted by Crippen LogP contribution is -2.65. The number of piperazine rings is 2. The summed E-state index contributed by atoms with van der Waals surface area (Å²) in [6.45, 7) is -2.08. The van der Waals surface area contributed by atoms with Gasteiger partial charge in [-0.2, -0.15) is 0 Å². The Balaban J connectivity index is 1.52. The Hall–Kier alpha value is -4.80. The number of nitrogens with one attached hydrogen (secondary N) is 1. The summed E-state index contributed by atoms with van der Waals surface area (Å²) in [6.07, 6.45) is 4.85. The fraction of sp³-hybridized carbons (Fsp3) is 0.538. The van der Waals surface area contributed by atoms with Crippen LogP contribution in [0.25, 0.3) is 0 Å². The summed E-state index contributed by atoms with van der Waals surface area (Å²) < 4.78 is 0. The first-order valence-corrected chi connectivity index (χ1v) is 13.9. The van der Waals surface area contributed by atoms with Crippen LogP contribution >= 0.6 is 0 Å². The molecule has 43 heavy (non-hydrogen) atoms. The van der Waals surface area contributed by atoms with Gasteiger partial charge < -0.3 is 44.6 Å². The molecule has 3 N–H and O–H groups in total. The van der Waals surface area contributed by atoms with Crippen molar-refractivity contribution in [2.75, 3.05) is 52.4 Å². The van der Waals surface area contributed by atoms with Crippen molar-refractivity contribution in [2.24, 2.45) is 0 Å². The molecule has 9 aliphatic heterocycles. The molecule has 4 saturated heterocycles. The minimum absolute atomic E-state index is 0.00875. The zero-order valence-corrected chi connectivity index (χ0v) is 23.2. The van der Waals surface area contributed by atoms with Gasteiger partial charge in [0, 0.05) is 63.3 Å². The molecule has 0 spiro atoms. The van der Waals surface area contributed by atoms with Gasteiger partial charge in [0.25, 0.3) is 5.91 Å². The summed E-state index contributed by atoms with van der Waals surface area (Å²) in [6, 6.07) is -3.58. The van der Waals surface area contributed by atoms with Crippen LogP contribution in [-0.2, 0) is 40.0 Å². The van der Waals surface area contributed by atoms with Gasteiger partial charge in [0.05, 0.1) is 19.5 Å². The summed E-state index contributed by atoms with van der Waals surface area (Å²) in [5.41, 5.74) is 0.561. The lowest BCUT2D eigenvalue weighted by molar-refractivity contribution is -0.161. The van der Waals surface area contributed by atoms with Crippen LogP contribution in [0, 0.1) is 0 Å². The van der Waals surface area contributed by atoms with Gasteiger partial charge in [-0.15, -0.1) is 0 Å². The van der Waals surface area contributed by atoms with Crippen molar-refractivity contribution in [3.8, 4) is 0 Å². The summed E-state index contributed by atoms with van der Waals surface area (Å²) >= 11 is 0. The van der Waals surface area contributed by atoms with Crippen molar-refractivity contribution in [1.82, 2.24) is 39.4 Å². The Kier molecular flexibility index (Phi) is 8.43. The molecule has 10 rings (SSSR count). The number of carbonyl (C=O) groups is 7. The second-order valence-corrected chi connectivity index (χ2v) is 10.7. The molecule has 17 heteroatoms. The molecule has 3 atom stereocenters. The van der Waals surface area contributed by atoms with Crippen molar-refractivity contribution in [3.63, 3.8) is 0 Å². The number of nitrogens with zero attached hydrogens (tertiary/aromatic N) is 7. The number of carbonyl (C=O) groups excluding carboxylic acids is 6. The molecule has 6 amide bonds. The van der Waals surface area contributed by atoms with E-state index >= 15 is 0 Å². The van der Waals surface area contributed by atoms with Crippen molar-refractivity contribution < 1.29 is 43.8 Å². The molecule has 0 radical (unpaired) electrons. The summed E-state index contributed by atoms with van der Waals surface area (Å²) in [5.74, 6) is -4.83. The SMILES string of the molecule is O=C(O)CC[C@H]1C(=O)N2CCN1C(=O)CN1CCN(C(=O)CN3C=CN(C(=O)C2)[C@@H](CO)C3=O)[C@@H](Cc2cnc[nH]2)C1=O. The van der Waals surface area contributed by atoms with Gasteiger partial charge in [0.1, 0.15) is 31.2 Å². The minimum Gasteiger partial charge on any atom is -0.481 e. The molecule has 230 valence electrons. The Morgan fingerprint density at radius 3 is 2.07 bits per heavy atom. The van der Waals surface area contributed by atoms with Gasteiger partial charge in [-0.3, -0.25) is 33.6 Å². The number of hydrogen-bond donors (Lipinski definition) is 3. The van der Waals surface area contributed by atoms with Crippen LogP contribution in [0.3, 0.4) is 0 Å². The van der Waals surface area contributed by atoms with Crippen LogP contribution in [-0.4, -0.2) is 162 Å². The number of aliphatic hydroxyl groups is 1. The number of aliphatic carboxylic acids is 1. The highest BCUT2D eigenvalue weighted by molar-refractivity contribution is 5.98. The zero-order chi connectivity index (χ0) is 30.8. The Morgan fingerprint density at radius 2 is 1.44 bits per heavy atom. The van der Waals surface area contributed by atoms with Crippen LogP contribution in [0.1, 0.15) is 18.5 Å². The fourth-order valence-corrected chi connectivity index (χ4v) is 5.86. The first-order valence-electron chi connectivity index (χ1n) is 13.9. The number of aromatic amines is 1. The molecule has 0 aliphatic carbocycles. The number of rotatable bonds is 6. The lowest BCUT2D eigenvalue weighted by Gasteiger charge is -2.44. The van der Waals surface area contributed by atoms with E-state index < -0.39 is 92.2 Å². The van der Waals surface area contributed by atoms with Crippen molar-refractivity contribution >= 4 is 41.4 Å². The smallest absolute Gasteiger partial charge is 0.303 e. The van der Waals surface area contributed by atoms with Crippen molar-refractivity contribution in [2.45, 2.75) is 37.4 Å². The number of hydrogen-bond acceptors (Lipinski definition) is 9. The van der Waals surface area contributed by atoms with Gasteiger partial charge in [0.2, 0.25) is 29.5 Å². The number of aromatic nitrogens is 2. The molecule has 1 aromatic rings. The van der Waals surface area contributed by atoms with Gasteiger partial charge in [0.15, 0.2) is 0 Å². The van der Waals surface area contributed by atoms with E-state index in [1.165, 1.54) is 44.5 Å². The van der Waals surface area contributed by atoms with Crippen LogP contribution in [0.4, 0.5) is 0 Å². The highest BCUT2D eigenvalue weighted by atomic mass is 16.4. The van der Waals surface area contributed by atoms with E-state index in [9.17, 15) is 43.8 Å². The maximum atomic E-state index is 13.7. The average Bonchev–Trinajstić information content (AvgIpc) is 3.49.